The number of hydrogen-bond acceptors (Lipinski definition) is 2. The van der Waals surface area contributed by atoms with E-state index in [9.17, 15) is 4.39 Å². The maximum absolute atomic E-state index is 13.0. The van der Waals surface area contributed by atoms with E-state index < -0.39 is 0 Å². The number of rotatable bonds is 2. The van der Waals surface area contributed by atoms with Gasteiger partial charge in [0.15, 0.2) is 0 Å². The van der Waals surface area contributed by atoms with Gasteiger partial charge in [-0.15, -0.1) is 0 Å². The predicted octanol–water partition coefficient (Wildman–Crippen LogP) is 2.25. The second kappa shape index (κ2) is 4.20. The standard InChI is InChI=1S/C11H13BrFNO/c12-9-5-8(1-2-10(9)13)6-11(14)3-4-15-7-11/h1-2,5H,3-4,6-7,14H2. The van der Waals surface area contributed by atoms with Crippen LogP contribution in [0.15, 0.2) is 22.7 Å². The molecule has 0 aliphatic carbocycles. The van der Waals surface area contributed by atoms with E-state index in [4.69, 9.17) is 10.5 Å². The zero-order chi connectivity index (χ0) is 10.9. The third-order valence-corrected chi connectivity index (χ3v) is 3.28. The number of benzene rings is 1. The molecule has 15 heavy (non-hydrogen) atoms. The highest BCUT2D eigenvalue weighted by Gasteiger charge is 2.30. The largest absolute Gasteiger partial charge is 0.379 e. The molecule has 2 N–H and O–H groups in total. The molecule has 1 saturated heterocycles. The van der Waals surface area contributed by atoms with Crippen LogP contribution in [0.2, 0.25) is 0 Å². The van der Waals surface area contributed by atoms with Gasteiger partial charge in [0.1, 0.15) is 5.82 Å². The van der Waals surface area contributed by atoms with Crippen molar-refractivity contribution in [3.63, 3.8) is 0 Å². The lowest BCUT2D eigenvalue weighted by molar-refractivity contribution is 0.178. The normalized spacial score (nSPS) is 25.8. The number of hydrogen-bond donors (Lipinski definition) is 1. The van der Waals surface area contributed by atoms with Crippen molar-refractivity contribution < 1.29 is 9.13 Å². The van der Waals surface area contributed by atoms with Crippen LogP contribution in [0.5, 0.6) is 0 Å². The van der Waals surface area contributed by atoms with E-state index in [1.807, 2.05) is 0 Å². The van der Waals surface area contributed by atoms with Crippen molar-refractivity contribution in [2.45, 2.75) is 18.4 Å². The molecule has 1 fully saturated rings. The van der Waals surface area contributed by atoms with Gasteiger partial charge in [0.05, 0.1) is 11.1 Å². The Kier molecular flexibility index (Phi) is 3.09. The van der Waals surface area contributed by atoms with E-state index in [2.05, 4.69) is 15.9 Å². The summed E-state index contributed by atoms with van der Waals surface area (Å²) in [6.07, 6.45) is 1.59. The van der Waals surface area contributed by atoms with Crippen LogP contribution in [0.3, 0.4) is 0 Å². The summed E-state index contributed by atoms with van der Waals surface area (Å²) in [5, 5.41) is 0. The fourth-order valence-electron chi connectivity index (χ4n) is 1.82. The molecule has 0 saturated carbocycles. The maximum atomic E-state index is 13.0. The minimum Gasteiger partial charge on any atom is -0.379 e. The lowest BCUT2D eigenvalue weighted by Gasteiger charge is -2.21. The summed E-state index contributed by atoms with van der Waals surface area (Å²) in [7, 11) is 0. The van der Waals surface area contributed by atoms with Gasteiger partial charge in [-0.1, -0.05) is 6.07 Å². The monoisotopic (exact) mass is 273 g/mol. The van der Waals surface area contributed by atoms with Gasteiger partial charge >= 0.3 is 0 Å². The molecular formula is C11H13BrFNO. The Morgan fingerprint density at radius 1 is 1.53 bits per heavy atom. The minimum atomic E-state index is -0.280. The van der Waals surface area contributed by atoms with Crippen molar-refractivity contribution in [3.8, 4) is 0 Å². The smallest absolute Gasteiger partial charge is 0.137 e. The first kappa shape index (κ1) is 11.0. The molecule has 2 nitrogen and oxygen atoms in total. The van der Waals surface area contributed by atoms with Gasteiger partial charge in [-0.25, -0.2) is 4.39 Å². The van der Waals surface area contributed by atoms with E-state index in [0.29, 0.717) is 11.1 Å². The molecule has 1 aliphatic rings. The summed E-state index contributed by atoms with van der Waals surface area (Å²) in [6, 6.07) is 5.01. The fourth-order valence-corrected chi connectivity index (χ4v) is 2.24. The van der Waals surface area contributed by atoms with Crippen molar-refractivity contribution in [1.29, 1.82) is 0 Å². The van der Waals surface area contributed by atoms with Gasteiger partial charge in [-0.3, -0.25) is 0 Å². The van der Waals surface area contributed by atoms with Crippen LogP contribution in [-0.4, -0.2) is 18.8 Å². The highest BCUT2D eigenvalue weighted by atomic mass is 79.9. The topological polar surface area (TPSA) is 35.2 Å². The Bertz CT molecular complexity index is 364. The molecule has 0 radical (unpaired) electrons. The average molecular weight is 274 g/mol. The first-order chi connectivity index (χ1) is 7.09. The van der Waals surface area contributed by atoms with Crippen LogP contribution in [0.25, 0.3) is 0 Å². The zero-order valence-electron chi connectivity index (χ0n) is 8.30. The fraction of sp³-hybridized carbons (Fsp3) is 0.455. The van der Waals surface area contributed by atoms with E-state index in [0.717, 1.165) is 25.0 Å². The third-order valence-electron chi connectivity index (χ3n) is 2.67. The van der Waals surface area contributed by atoms with Gasteiger partial charge < -0.3 is 10.5 Å². The minimum absolute atomic E-state index is 0.243. The van der Waals surface area contributed by atoms with Crippen LogP contribution >= 0.6 is 15.9 Å². The third kappa shape index (κ3) is 2.56. The number of nitrogens with two attached hydrogens (primary N) is 1. The van der Waals surface area contributed by atoms with Crippen LogP contribution in [0.4, 0.5) is 4.39 Å². The van der Waals surface area contributed by atoms with Crippen molar-refractivity contribution in [3.05, 3.63) is 34.1 Å². The van der Waals surface area contributed by atoms with Crippen molar-refractivity contribution in [2.24, 2.45) is 5.73 Å². The molecule has 0 spiro atoms. The molecule has 0 bridgehead atoms. The van der Waals surface area contributed by atoms with Crippen LogP contribution in [0.1, 0.15) is 12.0 Å². The quantitative estimate of drug-likeness (QED) is 0.897. The average Bonchev–Trinajstić information content (AvgIpc) is 2.59. The van der Waals surface area contributed by atoms with Gasteiger partial charge in [-0.05, 0) is 46.5 Å². The molecule has 1 unspecified atom stereocenters. The number of ether oxygens (including phenoxy) is 1. The molecule has 0 amide bonds. The zero-order valence-corrected chi connectivity index (χ0v) is 9.89. The maximum Gasteiger partial charge on any atom is 0.137 e. The Balaban J connectivity index is 2.13. The second-order valence-corrected chi connectivity index (χ2v) is 4.94. The van der Waals surface area contributed by atoms with E-state index in [1.165, 1.54) is 6.07 Å². The number of halogens is 2. The van der Waals surface area contributed by atoms with Crippen LogP contribution < -0.4 is 5.73 Å². The molecule has 0 aromatic heterocycles. The van der Waals surface area contributed by atoms with Crippen LogP contribution in [0, 0.1) is 5.82 Å². The van der Waals surface area contributed by atoms with Crippen molar-refractivity contribution >= 4 is 15.9 Å². The molecule has 1 aromatic carbocycles. The summed E-state index contributed by atoms with van der Waals surface area (Å²) < 4.78 is 18.8. The summed E-state index contributed by atoms with van der Waals surface area (Å²) in [5.41, 5.74) is 6.90. The Hall–Kier alpha value is -0.450. The van der Waals surface area contributed by atoms with E-state index in [-0.39, 0.29) is 11.4 Å². The highest BCUT2D eigenvalue weighted by Crippen LogP contribution is 2.23. The first-order valence-corrected chi connectivity index (χ1v) is 5.69. The molecule has 2 rings (SSSR count). The van der Waals surface area contributed by atoms with Crippen molar-refractivity contribution in [2.75, 3.05) is 13.2 Å². The van der Waals surface area contributed by atoms with E-state index >= 15 is 0 Å². The summed E-state index contributed by atoms with van der Waals surface area (Å²) in [6.45, 7) is 1.31. The summed E-state index contributed by atoms with van der Waals surface area (Å²) in [5.74, 6) is -0.243. The van der Waals surface area contributed by atoms with Gasteiger partial charge in [0, 0.05) is 12.1 Å². The SMILES string of the molecule is NC1(Cc2ccc(F)c(Br)c2)CCOC1. The Labute approximate surface area is 96.7 Å². The molecule has 1 atom stereocenters. The van der Waals surface area contributed by atoms with Gasteiger partial charge in [0.2, 0.25) is 0 Å². The van der Waals surface area contributed by atoms with Gasteiger partial charge in [-0.2, -0.15) is 0 Å². The molecule has 1 aliphatic heterocycles. The second-order valence-electron chi connectivity index (χ2n) is 4.09. The molecule has 1 aromatic rings. The predicted molar refractivity (Wildman–Crippen MR) is 60.2 cm³/mol. The van der Waals surface area contributed by atoms with Crippen molar-refractivity contribution in [1.82, 2.24) is 0 Å². The Morgan fingerprint density at radius 2 is 2.33 bits per heavy atom. The van der Waals surface area contributed by atoms with Crippen LogP contribution in [-0.2, 0) is 11.2 Å². The van der Waals surface area contributed by atoms with Gasteiger partial charge in [0.25, 0.3) is 0 Å². The summed E-state index contributed by atoms with van der Waals surface area (Å²) in [4.78, 5) is 0. The van der Waals surface area contributed by atoms with E-state index in [1.54, 1.807) is 12.1 Å². The molecule has 82 valence electrons. The molecular weight excluding hydrogens is 261 g/mol. The Morgan fingerprint density at radius 3 is 2.93 bits per heavy atom. The molecule has 1 heterocycles. The first-order valence-electron chi connectivity index (χ1n) is 4.90. The summed E-state index contributed by atoms with van der Waals surface area (Å²) >= 11 is 3.17. The lowest BCUT2D eigenvalue weighted by atomic mass is 9.91. The molecule has 4 heteroatoms. The highest BCUT2D eigenvalue weighted by molar-refractivity contribution is 9.10. The lowest BCUT2D eigenvalue weighted by Crippen LogP contribution is -2.42.